The van der Waals surface area contributed by atoms with Gasteiger partial charge in [0.05, 0.1) is 12.9 Å². The Labute approximate surface area is 190 Å². The molecule has 31 heavy (non-hydrogen) atoms. The van der Waals surface area contributed by atoms with Crippen LogP contribution >= 0.6 is 11.6 Å². The molecule has 0 saturated heterocycles. The van der Waals surface area contributed by atoms with E-state index in [4.69, 9.17) is 22.1 Å². The molecule has 7 heteroatoms. The van der Waals surface area contributed by atoms with Crippen LogP contribution in [0.3, 0.4) is 0 Å². The van der Waals surface area contributed by atoms with Crippen LogP contribution < -0.4 is 5.73 Å². The number of unbranched alkanes of at least 4 members (excludes halogenated alkanes) is 1. The largest absolute Gasteiger partial charge is 0.466 e. The van der Waals surface area contributed by atoms with Crippen molar-refractivity contribution >= 4 is 23.4 Å². The van der Waals surface area contributed by atoms with Crippen molar-refractivity contribution in [1.82, 2.24) is 9.55 Å². The summed E-state index contributed by atoms with van der Waals surface area (Å²) >= 11 is 5.59. The molecule has 0 amide bonds. The van der Waals surface area contributed by atoms with Crippen molar-refractivity contribution in [2.45, 2.75) is 65.3 Å². The van der Waals surface area contributed by atoms with Gasteiger partial charge in [-0.05, 0) is 56.1 Å². The molecule has 0 atom stereocenters. The van der Waals surface area contributed by atoms with Crippen LogP contribution in [-0.4, -0.2) is 28.0 Å². The molecule has 0 spiro atoms. The molecule has 1 aliphatic rings. The molecule has 1 saturated carbocycles. The number of carbonyl (C=O) groups is 1. The second-order valence-corrected chi connectivity index (χ2v) is 8.10. The molecule has 1 fully saturated rings. The molecule has 0 bridgehead atoms. The summed E-state index contributed by atoms with van der Waals surface area (Å²) in [5.41, 5.74) is 10.3. The number of hydrogen-bond donors (Lipinski definition) is 1. The van der Waals surface area contributed by atoms with E-state index in [9.17, 15) is 4.79 Å². The number of esters is 1. The maximum atomic E-state index is 10.6. The van der Waals surface area contributed by atoms with Gasteiger partial charge >= 0.3 is 5.97 Å². The van der Waals surface area contributed by atoms with Crippen LogP contribution in [0.2, 0.25) is 0 Å². The lowest BCUT2D eigenvalue weighted by atomic mass is 10.1. The monoisotopic (exact) mass is 444 g/mol. The third-order valence-corrected chi connectivity index (χ3v) is 5.18. The van der Waals surface area contributed by atoms with Crippen molar-refractivity contribution in [3.05, 3.63) is 64.8 Å². The molecule has 1 aromatic carbocycles. The summed E-state index contributed by atoms with van der Waals surface area (Å²) in [4.78, 5) is 18.7. The molecular formula is C24H33ClN4O2. The molecule has 168 valence electrons. The lowest BCUT2D eigenvalue weighted by molar-refractivity contribution is -0.141. The predicted molar refractivity (Wildman–Crippen MR) is 126 cm³/mol. The summed E-state index contributed by atoms with van der Waals surface area (Å²) in [5.74, 6) is 0.902. The number of nitrogens with two attached hydrogens (primary N) is 1. The quantitative estimate of drug-likeness (QED) is 0.192. The van der Waals surface area contributed by atoms with E-state index in [1.165, 1.54) is 31.7 Å². The molecular weight excluding hydrogens is 412 g/mol. The maximum Gasteiger partial charge on any atom is 0.302 e. The average Bonchev–Trinajstić information content (AvgIpc) is 3.51. The molecule has 1 aromatic heterocycles. The second kappa shape index (κ2) is 12.3. The van der Waals surface area contributed by atoms with Crippen molar-refractivity contribution in [2.75, 3.05) is 6.61 Å². The first-order chi connectivity index (χ1) is 14.8. The van der Waals surface area contributed by atoms with E-state index in [0.29, 0.717) is 12.3 Å². The van der Waals surface area contributed by atoms with Gasteiger partial charge in [0.15, 0.2) is 5.84 Å². The Kier molecular flexibility index (Phi) is 9.79. The van der Waals surface area contributed by atoms with Crippen LogP contribution in [0.15, 0.2) is 47.3 Å². The predicted octanol–water partition coefficient (Wildman–Crippen LogP) is 5.08. The number of rotatable bonds is 9. The van der Waals surface area contributed by atoms with E-state index < -0.39 is 0 Å². The third kappa shape index (κ3) is 8.58. The first-order valence-electron chi connectivity index (χ1n) is 10.7. The average molecular weight is 445 g/mol. The Morgan fingerprint density at radius 2 is 2.13 bits per heavy atom. The molecule has 2 N–H and O–H groups in total. The number of benzene rings is 1. The lowest BCUT2D eigenvalue weighted by Crippen LogP contribution is -2.15. The Bertz CT molecular complexity index is 916. The minimum absolute atomic E-state index is 0.123. The van der Waals surface area contributed by atoms with Gasteiger partial charge in [0.1, 0.15) is 10.9 Å². The SMILES string of the molecule is C=C(Cl)/N=C(/N)c1ncn(CCCCOC(C)=O)c1C.CCc1cccc(C2CC2)c1. The fourth-order valence-electron chi connectivity index (χ4n) is 3.19. The van der Waals surface area contributed by atoms with Crippen molar-refractivity contribution in [2.24, 2.45) is 10.7 Å². The summed E-state index contributed by atoms with van der Waals surface area (Å²) in [5, 5.41) is 0.123. The fraction of sp³-hybridized carbons (Fsp3) is 0.458. The zero-order chi connectivity index (χ0) is 22.8. The van der Waals surface area contributed by atoms with Crippen LogP contribution in [0, 0.1) is 6.92 Å². The summed E-state index contributed by atoms with van der Waals surface area (Å²) < 4.78 is 6.84. The van der Waals surface area contributed by atoms with Crippen molar-refractivity contribution in [3.8, 4) is 0 Å². The number of carbonyl (C=O) groups excluding carboxylic acids is 1. The Hall–Kier alpha value is -2.60. The normalized spacial score (nSPS) is 13.4. The van der Waals surface area contributed by atoms with Gasteiger partial charge in [0.25, 0.3) is 0 Å². The number of aliphatic imine (C=N–C) groups is 1. The van der Waals surface area contributed by atoms with E-state index in [1.807, 2.05) is 11.5 Å². The molecule has 0 unspecified atom stereocenters. The van der Waals surface area contributed by atoms with Crippen LogP contribution in [0.25, 0.3) is 0 Å². The minimum atomic E-state index is -0.253. The van der Waals surface area contributed by atoms with E-state index in [-0.39, 0.29) is 17.0 Å². The highest BCUT2D eigenvalue weighted by molar-refractivity contribution is 6.29. The van der Waals surface area contributed by atoms with Gasteiger partial charge in [-0.25, -0.2) is 9.98 Å². The summed E-state index contributed by atoms with van der Waals surface area (Å²) in [7, 11) is 0. The van der Waals surface area contributed by atoms with Crippen molar-refractivity contribution < 1.29 is 9.53 Å². The van der Waals surface area contributed by atoms with Gasteiger partial charge in [0, 0.05) is 19.2 Å². The van der Waals surface area contributed by atoms with Gasteiger partial charge < -0.3 is 15.0 Å². The number of aromatic nitrogens is 2. The van der Waals surface area contributed by atoms with Gasteiger partial charge in [-0.1, -0.05) is 49.4 Å². The third-order valence-electron chi connectivity index (χ3n) is 5.09. The van der Waals surface area contributed by atoms with E-state index in [2.05, 4.69) is 47.7 Å². The molecule has 0 aliphatic heterocycles. The van der Waals surface area contributed by atoms with E-state index >= 15 is 0 Å². The number of nitrogens with zero attached hydrogens (tertiary/aromatic N) is 3. The van der Waals surface area contributed by atoms with E-state index in [0.717, 1.165) is 31.0 Å². The highest BCUT2D eigenvalue weighted by Gasteiger charge is 2.23. The topological polar surface area (TPSA) is 82.5 Å². The lowest BCUT2D eigenvalue weighted by Gasteiger charge is -2.06. The van der Waals surface area contributed by atoms with Gasteiger partial charge in [-0.3, -0.25) is 4.79 Å². The smallest absolute Gasteiger partial charge is 0.302 e. The van der Waals surface area contributed by atoms with Crippen LogP contribution in [0.5, 0.6) is 0 Å². The minimum Gasteiger partial charge on any atom is -0.466 e. The first kappa shape index (κ1) is 24.7. The van der Waals surface area contributed by atoms with Crippen molar-refractivity contribution in [3.63, 3.8) is 0 Å². The highest BCUT2D eigenvalue weighted by atomic mass is 35.5. The van der Waals surface area contributed by atoms with Gasteiger partial charge in [-0.2, -0.15) is 0 Å². The van der Waals surface area contributed by atoms with Crippen LogP contribution in [0.1, 0.15) is 68.0 Å². The molecule has 1 aliphatic carbocycles. The summed E-state index contributed by atoms with van der Waals surface area (Å²) in [6, 6.07) is 9.02. The second-order valence-electron chi connectivity index (χ2n) is 7.67. The standard InChI is InChI=1S/C13H19ClN4O2.C11H14/c1-9-12(13(15)17-10(2)14)16-8-18(9)6-4-5-7-20-11(3)19;1-2-9-4-3-5-11(8-9)10-6-7-10/h8H,2,4-7H2,1,3H3,(H2,15,17);3-5,8,10H,2,6-7H2,1H3. The fourth-order valence-corrected chi connectivity index (χ4v) is 3.28. The maximum absolute atomic E-state index is 10.6. The van der Waals surface area contributed by atoms with Crippen LogP contribution in [0.4, 0.5) is 0 Å². The van der Waals surface area contributed by atoms with E-state index in [1.54, 1.807) is 11.9 Å². The Balaban J connectivity index is 0.000000258. The summed E-state index contributed by atoms with van der Waals surface area (Å²) in [6.07, 6.45) is 7.37. The molecule has 2 aromatic rings. The molecule has 6 nitrogen and oxygen atoms in total. The first-order valence-corrected chi connectivity index (χ1v) is 11.1. The number of hydrogen-bond acceptors (Lipinski definition) is 4. The van der Waals surface area contributed by atoms with Crippen molar-refractivity contribution in [1.29, 1.82) is 0 Å². The number of aryl methyl sites for hydroxylation is 2. The zero-order valence-corrected chi connectivity index (χ0v) is 19.5. The molecule has 1 heterocycles. The van der Waals surface area contributed by atoms with Gasteiger partial charge in [0.2, 0.25) is 0 Å². The Morgan fingerprint density at radius 1 is 1.39 bits per heavy atom. The Morgan fingerprint density at radius 3 is 2.74 bits per heavy atom. The molecule has 3 rings (SSSR count). The molecule has 0 radical (unpaired) electrons. The zero-order valence-electron chi connectivity index (χ0n) is 18.7. The number of ether oxygens (including phenoxy) is 1. The number of imidazole rings is 1. The van der Waals surface area contributed by atoms with Crippen LogP contribution in [-0.2, 0) is 22.5 Å². The number of halogens is 1. The van der Waals surface area contributed by atoms with Gasteiger partial charge in [-0.15, -0.1) is 0 Å². The summed E-state index contributed by atoms with van der Waals surface area (Å²) in [6.45, 7) is 10.2. The highest BCUT2D eigenvalue weighted by Crippen LogP contribution is 2.40. The number of amidine groups is 1.